The quantitative estimate of drug-likeness (QED) is 0.928. The lowest BCUT2D eigenvalue weighted by Gasteiger charge is -2.07. The van der Waals surface area contributed by atoms with E-state index >= 15 is 0 Å². The number of halogens is 1. The number of benzene rings is 1. The third kappa shape index (κ3) is 3.20. The van der Waals surface area contributed by atoms with Gasteiger partial charge in [0.05, 0.1) is 0 Å². The van der Waals surface area contributed by atoms with Crippen molar-refractivity contribution >= 4 is 15.9 Å². The number of hydrogen-bond donors (Lipinski definition) is 1. The van der Waals surface area contributed by atoms with Gasteiger partial charge < -0.3 is 9.52 Å². The van der Waals surface area contributed by atoms with Crippen molar-refractivity contribution in [2.75, 3.05) is 0 Å². The van der Waals surface area contributed by atoms with Gasteiger partial charge in [0.15, 0.2) is 0 Å². The molecule has 0 aliphatic rings. The fraction of sp³-hybridized carbons (Fsp3) is 0.286. The summed E-state index contributed by atoms with van der Waals surface area (Å²) in [4.78, 5) is 0. The summed E-state index contributed by atoms with van der Waals surface area (Å²) in [6.45, 7) is 2.03. The highest BCUT2D eigenvalue weighted by Gasteiger charge is 2.12. The molecule has 90 valence electrons. The molecule has 0 amide bonds. The molecule has 0 saturated heterocycles. The zero-order valence-corrected chi connectivity index (χ0v) is 11.3. The van der Waals surface area contributed by atoms with Crippen molar-refractivity contribution in [1.29, 1.82) is 0 Å². The minimum absolute atomic E-state index is 0.573. The fourth-order valence-electron chi connectivity index (χ4n) is 1.71. The predicted molar refractivity (Wildman–Crippen MR) is 70.9 cm³/mol. The molecular formula is C14H15BrO2. The highest BCUT2D eigenvalue weighted by atomic mass is 79.9. The van der Waals surface area contributed by atoms with Gasteiger partial charge in [-0.3, -0.25) is 0 Å². The van der Waals surface area contributed by atoms with Gasteiger partial charge in [0.25, 0.3) is 0 Å². The van der Waals surface area contributed by atoms with Gasteiger partial charge in [0, 0.05) is 17.3 Å². The summed E-state index contributed by atoms with van der Waals surface area (Å²) in [7, 11) is 0. The minimum atomic E-state index is -0.573. The van der Waals surface area contributed by atoms with Gasteiger partial charge in [-0.2, -0.15) is 0 Å². The van der Waals surface area contributed by atoms with Gasteiger partial charge in [0.1, 0.15) is 17.6 Å². The van der Waals surface area contributed by atoms with Gasteiger partial charge >= 0.3 is 0 Å². The van der Waals surface area contributed by atoms with Crippen molar-refractivity contribution in [3.63, 3.8) is 0 Å². The summed E-state index contributed by atoms with van der Waals surface area (Å²) in [6, 6.07) is 11.7. The van der Waals surface area contributed by atoms with E-state index in [0.29, 0.717) is 12.2 Å². The van der Waals surface area contributed by atoms with Crippen molar-refractivity contribution in [2.24, 2.45) is 0 Å². The van der Waals surface area contributed by atoms with Gasteiger partial charge in [0.2, 0.25) is 0 Å². The van der Waals surface area contributed by atoms with Gasteiger partial charge in [-0.15, -0.1) is 0 Å². The zero-order chi connectivity index (χ0) is 12.3. The number of aryl methyl sites for hydroxylation is 1. The first-order valence-electron chi connectivity index (χ1n) is 5.70. The van der Waals surface area contributed by atoms with E-state index in [2.05, 4.69) is 15.9 Å². The summed E-state index contributed by atoms with van der Waals surface area (Å²) < 4.78 is 6.57. The number of aliphatic hydroxyl groups is 1. The molecule has 17 heavy (non-hydrogen) atoms. The lowest BCUT2D eigenvalue weighted by Crippen LogP contribution is -2.00. The molecule has 1 heterocycles. The van der Waals surface area contributed by atoms with Crippen molar-refractivity contribution in [1.82, 2.24) is 0 Å². The van der Waals surface area contributed by atoms with E-state index in [-0.39, 0.29) is 0 Å². The Labute approximate surface area is 109 Å². The highest BCUT2D eigenvalue weighted by Crippen LogP contribution is 2.22. The largest absolute Gasteiger partial charge is 0.463 e. The van der Waals surface area contributed by atoms with Crippen LogP contribution in [0.3, 0.4) is 0 Å². The molecule has 0 fully saturated rings. The number of rotatable bonds is 4. The minimum Gasteiger partial charge on any atom is -0.463 e. The standard InChI is InChI=1S/C14H15BrO2/c1-2-12-7-8-14(17-12)13(16)9-10-3-5-11(15)6-4-10/h3-8,13,16H,2,9H2,1H3. The molecule has 0 radical (unpaired) electrons. The van der Waals surface area contributed by atoms with E-state index in [1.165, 1.54) is 0 Å². The summed E-state index contributed by atoms with van der Waals surface area (Å²) in [5, 5.41) is 10.0. The smallest absolute Gasteiger partial charge is 0.133 e. The molecule has 1 N–H and O–H groups in total. The van der Waals surface area contributed by atoms with Crippen LogP contribution in [0, 0.1) is 0 Å². The lowest BCUT2D eigenvalue weighted by molar-refractivity contribution is 0.148. The predicted octanol–water partition coefficient (Wildman–Crippen LogP) is 3.88. The van der Waals surface area contributed by atoms with E-state index < -0.39 is 6.10 Å². The van der Waals surface area contributed by atoms with Crippen LogP contribution >= 0.6 is 15.9 Å². The van der Waals surface area contributed by atoms with Crippen LogP contribution < -0.4 is 0 Å². The van der Waals surface area contributed by atoms with E-state index in [9.17, 15) is 5.11 Å². The molecule has 1 aromatic carbocycles. The van der Waals surface area contributed by atoms with Crippen LogP contribution in [-0.4, -0.2) is 5.11 Å². The molecule has 0 saturated carbocycles. The Hall–Kier alpha value is -1.06. The van der Waals surface area contributed by atoms with Crippen molar-refractivity contribution in [2.45, 2.75) is 25.9 Å². The molecule has 0 aliphatic carbocycles. The normalized spacial score (nSPS) is 12.6. The maximum absolute atomic E-state index is 10.0. The summed E-state index contributed by atoms with van der Waals surface area (Å²) in [5.41, 5.74) is 1.09. The summed E-state index contributed by atoms with van der Waals surface area (Å²) in [6.07, 6.45) is 0.853. The molecule has 0 bridgehead atoms. The monoisotopic (exact) mass is 294 g/mol. The van der Waals surface area contributed by atoms with Crippen LogP contribution in [0.1, 0.15) is 30.1 Å². The van der Waals surface area contributed by atoms with Gasteiger partial charge in [-0.25, -0.2) is 0 Å². The molecule has 0 spiro atoms. The molecule has 2 rings (SSSR count). The third-order valence-corrected chi connectivity index (χ3v) is 3.23. The molecule has 1 aromatic heterocycles. The first-order chi connectivity index (χ1) is 8.19. The number of hydrogen-bond acceptors (Lipinski definition) is 2. The van der Waals surface area contributed by atoms with Crippen molar-refractivity contribution in [3.05, 3.63) is 58.0 Å². The summed E-state index contributed by atoms with van der Waals surface area (Å²) in [5.74, 6) is 1.56. The van der Waals surface area contributed by atoms with E-state index in [1.54, 1.807) is 0 Å². The van der Waals surface area contributed by atoms with Crippen LogP contribution in [-0.2, 0) is 12.8 Å². The molecule has 2 nitrogen and oxygen atoms in total. The maximum Gasteiger partial charge on any atom is 0.133 e. The molecule has 3 heteroatoms. The zero-order valence-electron chi connectivity index (χ0n) is 9.69. The Bertz CT molecular complexity index is 473. The van der Waals surface area contributed by atoms with Crippen LogP contribution in [0.2, 0.25) is 0 Å². The Morgan fingerprint density at radius 1 is 1.18 bits per heavy atom. The van der Waals surface area contributed by atoms with Crippen molar-refractivity contribution < 1.29 is 9.52 Å². The topological polar surface area (TPSA) is 33.4 Å². The van der Waals surface area contributed by atoms with E-state index in [1.807, 2.05) is 43.3 Å². The maximum atomic E-state index is 10.0. The van der Waals surface area contributed by atoms with Gasteiger partial charge in [-0.1, -0.05) is 35.0 Å². The highest BCUT2D eigenvalue weighted by molar-refractivity contribution is 9.10. The van der Waals surface area contributed by atoms with Crippen LogP contribution in [0.4, 0.5) is 0 Å². The Morgan fingerprint density at radius 2 is 1.88 bits per heavy atom. The Kier molecular flexibility index (Phi) is 4.02. The van der Waals surface area contributed by atoms with Gasteiger partial charge in [-0.05, 0) is 29.8 Å². The molecule has 2 aromatic rings. The van der Waals surface area contributed by atoms with Crippen molar-refractivity contribution in [3.8, 4) is 0 Å². The molecule has 1 atom stereocenters. The third-order valence-electron chi connectivity index (χ3n) is 2.70. The second-order valence-electron chi connectivity index (χ2n) is 4.00. The number of aliphatic hydroxyl groups excluding tert-OH is 1. The average molecular weight is 295 g/mol. The first kappa shape index (κ1) is 12.4. The van der Waals surface area contributed by atoms with Crippen LogP contribution in [0.25, 0.3) is 0 Å². The SMILES string of the molecule is CCc1ccc(C(O)Cc2ccc(Br)cc2)o1. The van der Waals surface area contributed by atoms with E-state index in [0.717, 1.165) is 22.2 Å². The second kappa shape index (κ2) is 5.52. The lowest BCUT2D eigenvalue weighted by atomic mass is 10.1. The fourth-order valence-corrected chi connectivity index (χ4v) is 1.97. The Balaban J connectivity index is 2.05. The molecular weight excluding hydrogens is 280 g/mol. The Morgan fingerprint density at radius 3 is 2.47 bits per heavy atom. The summed E-state index contributed by atoms with van der Waals surface area (Å²) >= 11 is 3.39. The van der Waals surface area contributed by atoms with Crippen LogP contribution in [0.15, 0.2) is 45.3 Å². The van der Waals surface area contributed by atoms with E-state index in [4.69, 9.17) is 4.42 Å². The first-order valence-corrected chi connectivity index (χ1v) is 6.49. The molecule has 1 unspecified atom stereocenters. The second-order valence-corrected chi connectivity index (χ2v) is 4.92. The van der Waals surface area contributed by atoms with Crippen LogP contribution in [0.5, 0.6) is 0 Å². The average Bonchev–Trinajstić information content (AvgIpc) is 2.81. The number of furan rings is 1. The molecule has 0 aliphatic heterocycles.